The van der Waals surface area contributed by atoms with E-state index >= 15 is 0 Å². The van der Waals surface area contributed by atoms with Gasteiger partial charge in [-0.15, -0.1) is 10.2 Å². The number of carbonyl (C=O) groups is 1. The van der Waals surface area contributed by atoms with Gasteiger partial charge in [-0.25, -0.2) is 0 Å². The van der Waals surface area contributed by atoms with Crippen LogP contribution < -0.4 is 10.1 Å². The molecule has 4 unspecified atom stereocenters. The van der Waals surface area contributed by atoms with Crippen LogP contribution >= 0.6 is 23.4 Å². The molecular weight excluding hydrogens is 408 g/mol. The molecule has 4 rings (SSSR count). The topological polar surface area (TPSA) is 69.0 Å². The van der Waals surface area contributed by atoms with E-state index < -0.39 is 0 Å². The second-order valence-corrected chi connectivity index (χ2v) is 9.56. The summed E-state index contributed by atoms with van der Waals surface area (Å²) in [6.07, 6.45) is 5.36. The Morgan fingerprint density at radius 2 is 2.10 bits per heavy atom. The zero-order valence-corrected chi connectivity index (χ0v) is 18.4. The van der Waals surface area contributed by atoms with Crippen molar-refractivity contribution in [2.45, 2.75) is 50.4 Å². The summed E-state index contributed by atoms with van der Waals surface area (Å²) in [5, 5.41) is 13.0. The van der Waals surface area contributed by atoms with Gasteiger partial charge in [-0.3, -0.25) is 4.79 Å². The molecule has 2 aliphatic rings. The number of hydrogen-bond donors (Lipinski definition) is 1. The van der Waals surface area contributed by atoms with E-state index in [4.69, 9.17) is 16.3 Å². The van der Waals surface area contributed by atoms with Crippen LogP contribution in [0.25, 0.3) is 0 Å². The number of carbonyl (C=O) groups excluding carboxylic acids is 1. The van der Waals surface area contributed by atoms with Crippen molar-refractivity contribution in [1.29, 1.82) is 0 Å². The summed E-state index contributed by atoms with van der Waals surface area (Å²) in [6, 6.07) is 7.45. The number of ether oxygens (including phenoxy) is 1. The number of amides is 1. The van der Waals surface area contributed by atoms with Gasteiger partial charge < -0.3 is 14.6 Å². The molecule has 1 N–H and O–H groups in total. The van der Waals surface area contributed by atoms with Gasteiger partial charge in [0, 0.05) is 18.1 Å². The quantitative estimate of drug-likeness (QED) is 0.634. The largest absolute Gasteiger partial charge is 0.486 e. The van der Waals surface area contributed by atoms with Gasteiger partial charge in [-0.1, -0.05) is 29.8 Å². The van der Waals surface area contributed by atoms with Gasteiger partial charge in [0.15, 0.2) is 11.0 Å². The lowest BCUT2D eigenvalue weighted by atomic mass is 9.84. The summed E-state index contributed by atoms with van der Waals surface area (Å²) in [5.74, 6) is 4.19. The van der Waals surface area contributed by atoms with Crippen LogP contribution in [0.2, 0.25) is 5.02 Å². The first-order valence-corrected chi connectivity index (χ1v) is 11.5. The molecule has 1 aromatic carbocycles. The molecule has 0 spiro atoms. The molecule has 29 heavy (non-hydrogen) atoms. The van der Waals surface area contributed by atoms with Gasteiger partial charge in [-0.05, 0) is 68.2 Å². The van der Waals surface area contributed by atoms with Crippen LogP contribution in [-0.4, -0.2) is 32.5 Å². The van der Waals surface area contributed by atoms with Crippen molar-refractivity contribution < 1.29 is 9.53 Å². The Labute approximate surface area is 180 Å². The van der Waals surface area contributed by atoms with Crippen LogP contribution in [-0.2, 0) is 18.4 Å². The number of rotatable bonds is 8. The average Bonchev–Trinajstić information content (AvgIpc) is 3.42. The third kappa shape index (κ3) is 4.89. The van der Waals surface area contributed by atoms with E-state index in [1.165, 1.54) is 37.4 Å². The SMILES string of the molecule is CC(NC(=O)CSc1nnc(COc2ccc(Cl)cc2)n1C)C1CC2CCC1C2. The molecule has 156 valence electrons. The minimum Gasteiger partial charge on any atom is -0.486 e. The Hall–Kier alpha value is -1.73. The van der Waals surface area contributed by atoms with Crippen LogP contribution in [0.4, 0.5) is 0 Å². The third-order valence-electron chi connectivity index (χ3n) is 6.26. The summed E-state index contributed by atoms with van der Waals surface area (Å²) >= 11 is 7.29. The zero-order chi connectivity index (χ0) is 20.4. The van der Waals surface area contributed by atoms with E-state index in [2.05, 4.69) is 22.4 Å². The Balaban J connectivity index is 1.24. The second kappa shape index (κ2) is 8.96. The minimum absolute atomic E-state index is 0.0623. The Morgan fingerprint density at radius 3 is 2.79 bits per heavy atom. The number of nitrogens with zero attached hydrogens (tertiary/aromatic N) is 3. The fraction of sp³-hybridized carbons (Fsp3) is 0.571. The van der Waals surface area contributed by atoms with E-state index in [9.17, 15) is 4.79 Å². The van der Waals surface area contributed by atoms with E-state index in [1.54, 1.807) is 12.1 Å². The van der Waals surface area contributed by atoms with Gasteiger partial charge in [-0.2, -0.15) is 0 Å². The monoisotopic (exact) mass is 434 g/mol. The third-order valence-corrected chi connectivity index (χ3v) is 7.53. The lowest BCUT2D eigenvalue weighted by Gasteiger charge is -2.28. The van der Waals surface area contributed by atoms with Crippen LogP contribution in [0.15, 0.2) is 29.4 Å². The van der Waals surface area contributed by atoms with Gasteiger partial charge >= 0.3 is 0 Å². The molecule has 1 amide bonds. The highest BCUT2D eigenvalue weighted by Gasteiger charge is 2.42. The van der Waals surface area contributed by atoms with Crippen molar-refractivity contribution in [1.82, 2.24) is 20.1 Å². The van der Waals surface area contributed by atoms with Crippen LogP contribution in [0.5, 0.6) is 5.75 Å². The molecular formula is C21H27ClN4O2S. The van der Waals surface area contributed by atoms with Crippen molar-refractivity contribution in [2.75, 3.05) is 5.75 Å². The van der Waals surface area contributed by atoms with Crippen LogP contribution in [0.3, 0.4) is 0 Å². The molecule has 1 heterocycles. The molecule has 2 bridgehead atoms. The van der Waals surface area contributed by atoms with Crippen molar-refractivity contribution in [3.05, 3.63) is 35.1 Å². The highest BCUT2D eigenvalue weighted by molar-refractivity contribution is 7.99. The molecule has 2 fully saturated rings. The number of aromatic nitrogens is 3. The molecule has 0 aliphatic heterocycles. The maximum atomic E-state index is 12.4. The van der Waals surface area contributed by atoms with Gasteiger partial charge in [0.2, 0.25) is 5.91 Å². The first kappa shape index (κ1) is 20.5. The van der Waals surface area contributed by atoms with Crippen molar-refractivity contribution in [3.8, 4) is 5.75 Å². The fourth-order valence-corrected chi connectivity index (χ4v) is 5.58. The van der Waals surface area contributed by atoms with Crippen molar-refractivity contribution >= 4 is 29.3 Å². The van der Waals surface area contributed by atoms with Crippen molar-refractivity contribution in [2.24, 2.45) is 24.8 Å². The average molecular weight is 435 g/mol. The number of nitrogens with one attached hydrogen (secondary N) is 1. The predicted octanol–water partition coefficient (Wildman–Crippen LogP) is 4.08. The maximum Gasteiger partial charge on any atom is 0.230 e. The summed E-state index contributed by atoms with van der Waals surface area (Å²) in [4.78, 5) is 12.4. The van der Waals surface area contributed by atoms with E-state index in [0.29, 0.717) is 34.3 Å². The zero-order valence-electron chi connectivity index (χ0n) is 16.8. The highest BCUT2D eigenvalue weighted by Crippen LogP contribution is 2.49. The second-order valence-electron chi connectivity index (χ2n) is 8.18. The molecule has 2 aromatic rings. The van der Waals surface area contributed by atoms with Gasteiger partial charge in [0.1, 0.15) is 12.4 Å². The lowest BCUT2D eigenvalue weighted by Crippen LogP contribution is -2.40. The molecule has 2 aliphatic carbocycles. The summed E-state index contributed by atoms with van der Waals surface area (Å²) in [5.41, 5.74) is 0. The smallest absolute Gasteiger partial charge is 0.230 e. The summed E-state index contributed by atoms with van der Waals surface area (Å²) in [7, 11) is 1.89. The Kier molecular flexibility index (Phi) is 6.35. The van der Waals surface area contributed by atoms with Crippen LogP contribution in [0.1, 0.15) is 38.4 Å². The lowest BCUT2D eigenvalue weighted by molar-refractivity contribution is -0.119. The Bertz CT molecular complexity index is 857. The van der Waals surface area contributed by atoms with Gasteiger partial charge in [0.25, 0.3) is 0 Å². The molecule has 4 atom stereocenters. The standard InChI is InChI=1S/C21H27ClN4O2S/c1-13(18-10-14-3-4-15(18)9-14)23-20(27)12-29-21-25-24-19(26(21)2)11-28-17-7-5-16(22)6-8-17/h5-8,13-15,18H,3-4,9-12H2,1-2H3,(H,23,27). The number of halogens is 1. The number of fused-ring (bicyclic) bond motifs is 2. The van der Waals surface area contributed by atoms with Crippen molar-refractivity contribution in [3.63, 3.8) is 0 Å². The summed E-state index contributed by atoms with van der Waals surface area (Å²) in [6.45, 7) is 2.46. The van der Waals surface area contributed by atoms with E-state index in [-0.39, 0.29) is 11.9 Å². The normalized spacial score (nSPS) is 23.9. The molecule has 8 heteroatoms. The maximum absolute atomic E-state index is 12.4. The number of hydrogen-bond acceptors (Lipinski definition) is 5. The fourth-order valence-electron chi connectivity index (χ4n) is 4.71. The predicted molar refractivity (Wildman–Crippen MR) is 114 cm³/mol. The molecule has 0 saturated heterocycles. The molecule has 2 saturated carbocycles. The minimum atomic E-state index is 0.0623. The highest BCUT2D eigenvalue weighted by atomic mass is 35.5. The number of benzene rings is 1. The molecule has 1 aromatic heterocycles. The van der Waals surface area contributed by atoms with Crippen LogP contribution in [0, 0.1) is 17.8 Å². The Morgan fingerprint density at radius 1 is 1.31 bits per heavy atom. The number of thioether (sulfide) groups is 1. The molecule has 0 radical (unpaired) electrons. The molecule has 6 nitrogen and oxygen atoms in total. The van der Waals surface area contributed by atoms with E-state index in [1.807, 2.05) is 23.7 Å². The van der Waals surface area contributed by atoms with E-state index in [0.717, 1.165) is 17.6 Å². The summed E-state index contributed by atoms with van der Waals surface area (Å²) < 4.78 is 7.60. The first-order chi connectivity index (χ1) is 14.0. The first-order valence-electron chi connectivity index (χ1n) is 10.2. The van der Waals surface area contributed by atoms with Gasteiger partial charge in [0.05, 0.1) is 5.75 Å².